The minimum atomic E-state index is 0.0284. The lowest BCUT2D eigenvalue weighted by Crippen LogP contribution is -2.31. The number of nitrogens with zero attached hydrogens (tertiary/aromatic N) is 1. The van der Waals surface area contributed by atoms with E-state index >= 15 is 0 Å². The minimum absolute atomic E-state index is 0.0284. The van der Waals surface area contributed by atoms with E-state index in [2.05, 4.69) is 11.4 Å². The highest BCUT2D eigenvalue weighted by Crippen LogP contribution is 2.11. The molecule has 0 amide bonds. The molecule has 16 heavy (non-hydrogen) atoms. The van der Waals surface area contributed by atoms with Crippen LogP contribution in [0.3, 0.4) is 0 Å². The highest BCUT2D eigenvalue weighted by atomic mass is 16.5. The smallest absolute Gasteiger partial charge is 0.119 e. The number of nitriles is 1. The van der Waals surface area contributed by atoms with Crippen molar-refractivity contribution in [1.29, 1.82) is 5.26 Å². The summed E-state index contributed by atoms with van der Waals surface area (Å²) in [6, 6.07) is 9.09. The summed E-state index contributed by atoms with van der Waals surface area (Å²) in [4.78, 5) is 0. The van der Waals surface area contributed by atoms with Gasteiger partial charge in [0, 0.05) is 13.7 Å². The third kappa shape index (κ3) is 3.89. The molecule has 4 heteroatoms. The highest BCUT2D eigenvalue weighted by Gasteiger charge is 2.06. The first kappa shape index (κ1) is 12.5. The van der Waals surface area contributed by atoms with Crippen molar-refractivity contribution < 1.29 is 9.47 Å². The Kier molecular flexibility index (Phi) is 5.34. The Morgan fingerprint density at radius 1 is 1.38 bits per heavy atom. The maximum Gasteiger partial charge on any atom is 0.119 e. The van der Waals surface area contributed by atoms with E-state index in [0.717, 1.165) is 12.3 Å². The molecule has 1 atom stereocenters. The summed E-state index contributed by atoms with van der Waals surface area (Å²) < 4.78 is 10.8. The van der Waals surface area contributed by atoms with Gasteiger partial charge in [-0.15, -0.1) is 0 Å². The van der Waals surface area contributed by atoms with E-state index in [4.69, 9.17) is 14.7 Å². The Labute approximate surface area is 95.8 Å². The number of ether oxygens (including phenoxy) is 2. The van der Waals surface area contributed by atoms with Gasteiger partial charge in [0.1, 0.15) is 18.5 Å². The van der Waals surface area contributed by atoms with Crippen LogP contribution in [0.15, 0.2) is 24.3 Å². The molecule has 0 aromatic heterocycles. The maximum atomic E-state index is 8.64. The molecule has 0 saturated carbocycles. The summed E-state index contributed by atoms with van der Waals surface area (Å²) in [5.74, 6) is 0.747. The molecule has 86 valence electrons. The molecule has 1 aromatic rings. The van der Waals surface area contributed by atoms with Gasteiger partial charge in [0.05, 0.1) is 11.6 Å². The molecule has 0 fully saturated rings. The van der Waals surface area contributed by atoms with Crippen LogP contribution in [-0.2, 0) is 4.74 Å². The SMILES string of the molecule is CNC[C@@H](COc1ccc(C#N)cc1)OC. The monoisotopic (exact) mass is 220 g/mol. The van der Waals surface area contributed by atoms with Crippen LogP contribution in [0.4, 0.5) is 0 Å². The number of likely N-dealkylation sites (N-methyl/N-ethyl adjacent to an activating group) is 1. The summed E-state index contributed by atoms with van der Waals surface area (Å²) >= 11 is 0. The zero-order valence-corrected chi connectivity index (χ0v) is 9.56. The molecule has 0 saturated heterocycles. The average molecular weight is 220 g/mol. The van der Waals surface area contributed by atoms with Crippen LogP contribution >= 0.6 is 0 Å². The molecule has 0 aliphatic rings. The summed E-state index contributed by atoms with van der Waals surface area (Å²) in [7, 11) is 3.53. The molecule has 4 nitrogen and oxygen atoms in total. The Balaban J connectivity index is 2.44. The maximum absolute atomic E-state index is 8.64. The van der Waals surface area contributed by atoms with Crippen LogP contribution in [0.5, 0.6) is 5.75 Å². The lowest BCUT2D eigenvalue weighted by atomic mass is 10.2. The average Bonchev–Trinajstić information content (AvgIpc) is 2.35. The molecule has 1 rings (SSSR count). The molecule has 0 heterocycles. The Morgan fingerprint density at radius 3 is 2.56 bits per heavy atom. The van der Waals surface area contributed by atoms with E-state index < -0.39 is 0 Å². The van der Waals surface area contributed by atoms with Gasteiger partial charge in [-0.1, -0.05) is 0 Å². The summed E-state index contributed by atoms with van der Waals surface area (Å²) in [6.45, 7) is 1.23. The van der Waals surface area contributed by atoms with Gasteiger partial charge in [0.25, 0.3) is 0 Å². The standard InChI is InChI=1S/C12H16N2O2/c1-14-8-12(15-2)9-16-11-5-3-10(7-13)4-6-11/h3-6,12,14H,8-9H2,1-2H3/t12-/m0/s1. The first-order valence-corrected chi connectivity index (χ1v) is 5.10. The third-order valence-corrected chi connectivity index (χ3v) is 2.18. The van der Waals surface area contributed by atoms with E-state index in [1.807, 2.05) is 7.05 Å². The van der Waals surface area contributed by atoms with E-state index in [9.17, 15) is 0 Å². The van der Waals surface area contributed by atoms with Crippen molar-refractivity contribution >= 4 is 0 Å². The largest absolute Gasteiger partial charge is 0.491 e. The number of nitrogens with one attached hydrogen (secondary N) is 1. The van der Waals surface area contributed by atoms with Crippen molar-refractivity contribution in [1.82, 2.24) is 5.32 Å². The zero-order chi connectivity index (χ0) is 11.8. The summed E-state index contributed by atoms with van der Waals surface area (Å²) in [5, 5.41) is 11.7. The molecule has 0 bridgehead atoms. The topological polar surface area (TPSA) is 54.3 Å². The summed E-state index contributed by atoms with van der Waals surface area (Å²) in [5.41, 5.74) is 0.630. The van der Waals surface area contributed by atoms with Crippen molar-refractivity contribution in [2.75, 3.05) is 27.3 Å². The van der Waals surface area contributed by atoms with E-state index in [-0.39, 0.29) is 6.10 Å². The molecule has 0 spiro atoms. The quantitative estimate of drug-likeness (QED) is 0.782. The molecule has 0 aliphatic carbocycles. The van der Waals surface area contributed by atoms with Crippen LogP contribution in [-0.4, -0.2) is 33.4 Å². The molecule has 0 unspecified atom stereocenters. The van der Waals surface area contributed by atoms with Crippen molar-refractivity contribution in [3.63, 3.8) is 0 Å². The van der Waals surface area contributed by atoms with Gasteiger partial charge in [-0.05, 0) is 31.3 Å². The predicted octanol–water partition coefficient (Wildman–Crippen LogP) is 1.17. The third-order valence-electron chi connectivity index (χ3n) is 2.18. The molecular formula is C12H16N2O2. The number of rotatable bonds is 6. The van der Waals surface area contributed by atoms with Crippen LogP contribution in [0, 0.1) is 11.3 Å². The predicted molar refractivity (Wildman–Crippen MR) is 61.4 cm³/mol. The van der Waals surface area contributed by atoms with Gasteiger partial charge in [0.2, 0.25) is 0 Å². The fraction of sp³-hybridized carbons (Fsp3) is 0.417. The van der Waals surface area contributed by atoms with Gasteiger partial charge < -0.3 is 14.8 Å². The van der Waals surface area contributed by atoms with Crippen LogP contribution in [0.2, 0.25) is 0 Å². The first-order chi connectivity index (χ1) is 7.80. The fourth-order valence-corrected chi connectivity index (χ4v) is 1.25. The van der Waals surface area contributed by atoms with Crippen molar-refractivity contribution in [2.45, 2.75) is 6.10 Å². The molecule has 0 radical (unpaired) electrons. The van der Waals surface area contributed by atoms with E-state index in [1.165, 1.54) is 0 Å². The first-order valence-electron chi connectivity index (χ1n) is 5.10. The van der Waals surface area contributed by atoms with Gasteiger partial charge in [0.15, 0.2) is 0 Å². The van der Waals surface area contributed by atoms with Crippen molar-refractivity contribution in [2.24, 2.45) is 0 Å². The normalized spacial score (nSPS) is 11.8. The number of methoxy groups -OCH3 is 1. The number of hydrogen-bond donors (Lipinski definition) is 1. The van der Waals surface area contributed by atoms with E-state index in [0.29, 0.717) is 12.2 Å². The van der Waals surface area contributed by atoms with E-state index in [1.54, 1.807) is 31.4 Å². The zero-order valence-electron chi connectivity index (χ0n) is 9.56. The molecule has 0 aliphatic heterocycles. The Morgan fingerprint density at radius 2 is 2.06 bits per heavy atom. The molecular weight excluding hydrogens is 204 g/mol. The number of benzene rings is 1. The fourth-order valence-electron chi connectivity index (χ4n) is 1.25. The van der Waals surface area contributed by atoms with Crippen LogP contribution in [0.25, 0.3) is 0 Å². The van der Waals surface area contributed by atoms with Crippen molar-refractivity contribution in [3.8, 4) is 11.8 Å². The van der Waals surface area contributed by atoms with Gasteiger partial charge >= 0.3 is 0 Å². The second-order valence-electron chi connectivity index (χ2n) is 3.36. The van der Waals surface area contributed by atoms with Gasteiger partial charge in [-0.2, -0.15) is 5.26 Å². The Hall–Kier alpha value is -1.57. The van der Waals surface area contributed by atoms with Crippen LogP contribution in [0.1, 0.15) is 5.56 Å². The van der Waals surface area contributed by atoms with Crippen molar-refractivity contribution in [3.05, 3.63) is 29.8 Å². The minimum Gasteiger partial charge on any atom is -0.491 e. The highest BCUT2D eigenvalue weighted by molar-refractivity contribution is 5.34. The summed E-state index contributed by atoms with van der Waals surface area (Å²) in [6.07, 6.45) is 0.0284. The van der Waals surface area contributed by atoms with Crippen LogP contribution < -0.4 is 10.1 Å². The lowest BCUT2D eigenvalue weighted by molar-refractivity contribution is 0.0595. The Bertz CT molecular complexity index is 343. The second-order valence-corrected chi connectivity index (χ2v) is 3.36. The number of hydrogen-bond acceptors (Lipinski definition) is 4. The van der Waals surface area contributed by atoms with Gasteiger partial charge in [-0.3, -0.25) is 0 Å². The molecule has 1 N–H and O–H groups in total. The lowest BCUT2D eigenvalue weighted by Gasteiger charge is -2.15. The second kappa shape index (κ2) is 6.83. The van der Waals surface area contributed by atoms with Gasteiger partial charge in [-0.25, -0.2) is 0 Å². The molecule has 1 aromatic carbocycles.